The first-order valence-electron chi connectivity index (χ1n) is 13.4. The van der Waals surface area contributed by atoms with Crippen molar-refractivity contribution in [2.45, 2.75) is 31.4 Å². The summed E-state index contributed by atoms with van der Waals surface area (Å²) in [5, 5.41) is 24.7. The zero-order valence-corrected chi connectivity index (χ0v) is 22.1. The van der Waals surface area contributed by atoms with Gasteiger partial charge in [-0.2, -0.15) is 0 Å². The Labute approximate surface area is 228 Å². The van der Waals surface area contributed by atoms with E-state index in [4.69, 9.17) is 19.3 Å². The summed E-state index contributed by atoms with van der Waals surface area (Å²) in [5.41, 5.74) is 3.28. The Morgan fingerprint density at radius 1 is 1.15 bits per heavy atom. The number of methoxy groups -OCH3 is 1. The molecular weight excluding hydrogens is 498 g/mol. The molecule has 0 saturated carbocycles. The van der Waals surface area contributed by atoms with Gasteiger partial charge in [-0.3, -0.25) is 0 Å². The fourth-order valence-corrected chi connectivity index (χ4v) is 5.26. The fourth-order valence-electron chi connectivity index (χ4n) is 5.26. The van der Waals surface area contributed by atoms with Crippen molar-refractivity contribution < 1.29 is 29.2 Å². The highest BCUT2D eigenvalue weighted by Crippen LogP contribution is 2.31. The van der Waals surface area contributed by atoms with Gasteiger partial charge in [-0.15, -0.1) is 0 Å². The molecular formula is C30H35N3O6. The second-order valence-corrected chi connectivity index (χ2v) is 9.94. The van der Waals surface area contributed by atoms with E-state index >= 15 is 0 Å². The Kier molecular flexibility index (Phi) is 8.61. The van der Waals surface area contributed by atoms with E-state index in [2.05, 4.69) is 27.3 Å². The molecule has 39 heavy (non-hydrogen) atoms. The summed E-state index contributed by atoms with van der Waals surface area (Å²) >= 11 is 0. The second-order valence-electron chi connectivity index (χ2n) is 9.94. The standard InChI is InChI=1S/C30H35N3O6/c1-37-28-8-6-23-21(4-9-29(35)36)3-5-24(30(23)32-28)25(34)19-33-14-11-22(12-15-33)31-13-10-20-2-7-26-27(18-20)39-17-16-38-26/h2-9,18,22,25,31,34H,10-17,19H2,1H3,(H,35,36)/b9-4+. The number of aliphatic hydroxyl groups is 1. The number of piperidine rings is 1. The lowest BCUT2D eigenvalue weighted by atomic mass is 9.98. The summed E-state index contributed by atoms with van der Waals surface area (Å²) < 4.78 is 16.6. The molecule has 0 aliphatic carbocycles. The summed E-state index contributed by atoms with van der Waals surface area (Å²) in [6, 6.07) is 13.8. The van der Waals surface area contributed by atoms with Crippen molar-refractivity contribution in [3.05, 3.63) is 65.2 Å². The summed E-state index contributed by atoms with van der Waals surface area (Å²) in [4.78, 5) is 17.9. The SMILES string of the molecule is COc1ccc2c(/C=C/C(=O)O)ccc(C(O)CN3CCC(NCCc4ccc5c(c4)OCCO5)CC3)c2n1. The van der Waals surface area contributed by atoms with Crippen molar-refractivity contribution in [3.63, 3.8) is 0 Å². The van der Waals surface area contributed by atoms with Crippen molar-refractivity contribution >= 4 is 22.9 Å². The van der Waals surface area contributed by atoms with Crippen LogP contribution in [0.1, 0.15) is 35.6 Å². The van der Waals surface area contributed by atoms with Crippen molar-refractivity contribution in [1.82, 2.24) is 15.2 Å². The molecule has 1 atom stereocenters. The van der Waals surface area contributed by atoms with E-state index in [1.165, 1.54) is 5.56 Å². The Morgan fingerprint density at radius 3 is 2.72 bits per heavy atom. The molecule has 1 fully saturated rings. The molecule has 2 aliphatic heterocycles. The molecule has 206 valence electrons. The fraction of sp³-hybridized carbons (Fsp3) is 0.400. The molecule has 9 nitrogen and oxygen atoms in total. The first-order valence-corrected chi connectivity index (χ1v) is 13.4. The highest BCUT2D eigenvalue weighted by atomic mass is 16.6. The molecule has 0 amide bonds. The van der Waals surface area contributed by atoms with Crippen LogP contribution >= 0.6 is 0 Å². The van der Waals surface area contributed by atoms with E-state index < -0.39 is 12.1 Å². The number of carboxylic acid groups (broad SMARTS) is 1. The molecule has 5 rings (SSSR count). The van der Waals surface area contributed by atoms with Crippen LogP contribution in [-0.2, 0) is 11.2 Å². The summed E-state index contributed by atoms with van der Waals surface area (Å²) in [5.74, 6) is 1.08. The van der Waals surface area contributed by atoms with Gasteiger partial charge in [0.25, 0.3) is 0 Å². The van der Waals surface area contributed by atoms with Gasteiger partial charge in [-0.25, -0.2) is 9.78 Å². The number of benzene rings is 2. The number of rotatable bonds is 10. The quantitative estimate of drug-likeness (QED) is 0.337. The number of aliphatic carboxylic acids is 1. The molecule has 3 N–H and O–H groups in total. The third-order valence-electron chi connectivity index (χ3n) is 7.34. The van der Waals surface area contributed by atoms with E-state index in [0.717, 1.165) is 67.4 Å². The van der Waals surface area contributed by atoms with Crippen molar-refractivity contribution in [2.24, 2.45) is 0 Å². The van der Waals surface area contributed by atoms with Crippen LogP contribution in [0.25, 0.3) is 17.0 Å². The molecule has 1 unspecified atom stereocenters. The van der Waals surface area contributed by atoms with Crippen LogP contribution < -0.4 is 19.5 Å². The normalized spacial score (nSPS) is 17.0. The lowest BCUT2D eigenvalue weighted by Gasteiger charge is -2.33. The molecule has 9 heteroatoms. The number of aliphatic hydroxyl groups excluding tert-OH is 1. The van der Waals surface area contributed by atoms with Gasteiger partial charge >= 0.3 is 5.97 Å². The first-order chi connectivity index (χ1) is 19.0. The largest absolute Gasteiger partial charge is 0.486 e. The number of nitrogens with one attached hydrogen (secondary N) is 1. The van der Waals surface area contributed by atoms with Gasteiger partial charge < -0.3 is 34.6 Å². The second kappa shape index (κ2) is 12.5. The average molecular weight is 534 g/mol. The smallest absolute Gasteiger partial charge is 0.328 e. The third-order valence-corrected chi connectivity index (χ3v) is 7.34. The Morgan fingerprint density at radius 2 is 1.95 bits per heavy atom. The number of carboxylic acids is 1. The van der Waals surface area contributed by atoms with E-state index in [0.29, 0.717) is 42.8 Å². The van der Waals surface area contributed by atoms with Crippen LogP contribution in [0.2, 0.25) is 0 Å². The van der Waals surface area contributed by atoms with Crippen molar-refractivity contribution in [1.29, 1.82) is 0 Å². The Hall–Kier alpha value is -3.66. The minimum absolute atomic E-state index is 0.443. The number of hydrogen-bond donors (Lipinski definition) is 3. The minimum Gasteiger partial charge on any atom is -0.486 e. The Balaban J connectivity index is 1.15. The molecule has 0 radical (unpaired) electrons. The maximum Gasteiger partial charge on any atom is 0.328 e. The number of pyridine rings is 1. The van der Waals surface area contributed by atoms with E-state index in [1.54, 1.807) is 19.3 Å². The van der Waals surface area contributed by atoms with Crippen LogP contribution in [0.15, 0.2) is 48.5 Å². The average Bonchev–Trinajstić information content (AvgIpc) is 2.96. The van der Waals surface area contributed by atoms with Crippen LogP contribution in [0.4, 0.5) is 0 Å². The zero-order chi connectivity index (χ0) is 27.2. The molecule has 0 bridgehead atoms. The number of ether oxygens (including phenoxy) is 3. The number of fused-ring (bicyclic) bond motifs is 2. The summed E-state index contributed by atoms with van der Waals surface area (Å²) in [6.07, 6.45) is 4.87. The van der Waals surface area contributed by atoms with Gasteiger partial charge in [-0.05, 0) is 74.3 Å². The monoisotopic (exact) mass is 533 g/mol. The lowest BCUT2D eigenvalue weighted by molar-refractivity contribution is -0.131. The van der Waals surface area contributed by atoms with Crippen LogP contribution in [0.5, 0.6) is 17.4 Å². The van der Waals surface area contributed by atoms with Crippen LogP contribution in [0.3, 0.4) is 0 Å². The van der Waals surface area contributed by atoms with E-state index in [1.807, 2.05) is 24.3 Å². The highest BCUT2D eigenvalue weighted by molar-refractivity contribution is 5.94. The van der Waals surface area contributed by atoms with Crippen LogP contribution in [-0.4, -0.2) is 78.6 Å². The number of likely N-dealkylation sites (tertiary alicyclic amines) is 1. The number of carbonyl (C=O) groups is 1. The molecule has 1 saturated heterocycles. The van der Waals surface area contributed by atoms with Gasteiger partial charge in [0, 0.05) is 35.7 Å². The first kappa shape index (κ1) is 26.9. The predicted octanol–water partition coefficient (Wildman–Crippen LogP) is 3.44. The van der Waals surface area contributed by atoms with Gasteiger partial charge in [0.05, 0.1) is 18.7 Å². The van der Waals surface area contributed by atoms with Gasteiger partial charge in [0.2, 0.25) is 5.88 Å². The molecule has 0 spiro atoms. The van der Waals surface area contributed by atoms with Gasteiger partial charge in [0.15, 0.2) is 11.5 Å². The number of hydrogen-bond acceptors (Lipinski definition) is 8. The summed E-state index contributed by atoms with van der Waals surface area (Å²) in [7, 11) is 1.55. The Bertz CT molecular complexity index is 1340. The molecule has 2 aromatic carbocycles. The third kappa shape index (κ3) is 6.68. The predicted molar refractivity (Wildman–Crippen MR) is 149 cm³/mol. The van der Waals surface area contributed by atoms with E-state index in [9.17, 15) is 9.90 Å². The van der Waals surface area contributed by atoms with Crippen molar-refractivity contribution in [2.75, 3.05) is 46.5 Å². The van der Waals surface area contributed by atoms with E-state index in [-0.39, 0.29) is 0 Å². The number of β-amino-alcohol motifs (C(OH)–C–C–N with tert-alkyl or cyclic N) is 1. The lowest BCUT2D eigenvalue weighted by Crippen LogP contribution is -2.44. The maximum atomic E-state index is 11.2. The molecule has 3 aromatic rings. The zero-order valence-electron chi connectivity index (χ0n) is 22.1. The summed E-state index contributed by atoms with van der Waals surface area (Å²) in [6.45, 7) is 4.39. The highest BCUT2D eigenvalue weighted by Gasteiger charge is 2.23. The number of nitrogens with zero attached hydrogens (tertiary/aromatic N) is 2. The van der Waals surface area contributed by atoms with Gasteiger partial charge in [0.1, 0.15) is 13.2 Å². The van der Waals surface area contributed by atoms with Crippen LogP contribution in [0, 0.1) is 0 Å². The topological polar surface area (TPSA) is 113 Å². The maximum absolute atomic E-state index is 11.2. The van der Waals surface area contributed by atoms with Crippen molar-refractivity contribution in [3.8, 4) is 17.4 Å². The number of aromatic nitrogens is 1. The minimum atomic E-state index is -1.02. The van der Waals surface area contributed by atoms with Gasteiger partial charge in [-0.1, -0.05) is 18.2 Å². The molecule has 3 heterocycles. The molecule has 2 aliphatic rings. The molecule has 1 aromatic heterocycles.